The van der Waals surface area contributed by atoms with Gasteiger partial charge in [-0.3, -0.25) is 0 Å². The van der Waals surface area contributed by atoms with Crippen LogP contribution >= 0.6 is 0 Å². The number of benzene rings is 3. The molecular weight excluding hydrogens is 569 g/mol. The normalized spacial score (nSPS) is 11.6. The summed E-state index contributed by atoms with van der Waals surface area (Å²) in [7, 11) is 0. The monoisotopic (exact) mass is 594 g/mol. The van der Waals surface area contributed by atoms with Crippen molar-refractivity contribution in [3.63, 3.8) is 0 Å². The summed E-state index contributed by atoms with van der Waals surface area (Å²) in [5, 5.41) is 0. The standard InChI is InChI=1S/C18H14N.C11H8N.Ir/c1-14-13-19-18(16-10-6-3-7-11-16)12-17(14)15-8-4-2-5-9-15;1-2-6-10(7-3-1)11-8-4-5-9-12-11;/h2-10,12-13H,1H3;1-6,8-9H;/q2*-1;/i1D3;;. The Balaban J connectivity index is 0.000000223. The topological polar surface area (TPSA) is 25.8 Å². The van der Waals surface area contributed by atoms with Crippen LogP contribution in [0.5, 0.6) is 0 Å². The maximum atomic E-state index is 7.72. The molecule has 0 aliphatic carbocycles. The van der Waals surface area contributed by atoms with Gasteiger partial charge in [-0.15, -0.1) is 71.8 Å². The van der Waals surface area contributed by atoms with Gasteiger partial charge in [0, 0.05) is 36.6 Å². The van der Waals surface area contributed by atoms with Crippen molar-refractivity contribution in [1.29, 1.82) is 0 Å². The molecule has 3 heteroatoms. The van der Waals surface area contributed by atoms with Gasteiger partial charge in [-0.25, -0.2) is 0 Å². The van der Waals surface area contributed by atoms with Crippen LogP contribution in [0.25, 0.3) is 33.6 Å². The molecule has 0 fully saturated rings. The molecule has 2 heterocycles. The summed E-state index contributed by atoms with van der Waals surface area (Å²) in [6.45, 7) is -2.20. The molecule has 5 rings (SSSR count). The van der Waals surface area contributed by atoms with E-state index in [0.29, 0.717) is 11.3 Å². The van der Waals surface area contributed by atoms with Crippen molar-refractivity contribution in [3.8, 4) is 33.6 Å². The Kier molecular flexibility index (Phi) is 7.15. The van der Waals surface area contributed by atoms with Gasteiger partial charge in [-0.2, -0.15) is 0 Å². The van der Waals surface area contributed by atoms with Crippen LogP contribution in [-0.2, 0) is 20.1 Å². The van der Waals surface area contributed by atoms with E-state index in [-0.39, 0.29) is 25.7 Å². The van der Waals surface area contributed by atoms with Crippen molar-refractivity contribution in [2.24, 2.45) is 0 Å². The first-order valence-electron chi connectivity index (χ1n) is 11.4. The van der Waals surface area contributed by atoms with Gasteiger partial charge in [0.2, 0.25) is 0 Å². The zero-order valence-corrected chi connectivity index (χ0v) is 19.6. The molecule has 0 N–H and O–H groups in total. The number of nitrogens with zero attached hydrogens (tertiary/aromatic N) is 2. The fourth-order valence-electron chi connectivity index (χ4n) is 3.09. The molecule has 2 aromatic heterocycles. The molecular formula is C29H22IrN2-2. The fourth-order valence-corrected chi connectivity index (χ4v) is 3.09. The zero-order valence-electron chi connectivity index (χ0n) is 20.2. The SMILES string of the molecule is [2H]C([2H])([2H])c1cnc(-c2[c-]cccc2)cc1-c1ccccc1.[Ir].[c-]1ccccc1-c1ccccn1. The van der Waals surface area contributed by atoms with Gasteiger partial charge < -0.3 is 9.97 Å². The predicted molar refractivity (Wildman–Crippen MR) is 127 cm³/mol. The van der Waals surface area contributed by atoms with Crippen LogP contribution < -0.4 is 0 Å². The molecule has 0 bridgehead atoms. The van der Waals surface area contributed by atoms with E-state index in [1.54, 1.807) is 6.20 Å². The zero-order chi connectivity index (χ0) is 23.8. The van der Waals surface area contributed by atoms with E-state index in [9.17, 15) is 0 Å². The molecule has 5 aromatic rings. The minimum absolute atomic E-state index is 0. The second-order valence-corrected chi connectivity index (χ2v) is 6.75. The summed E-state index contributed by atoms with van der Waals surface area (Å²) in [6.07, 6.45) is 3.24. The molecule has 3 aromatic carbocycles. The molecule has 2 nitrogen and oxygen atoms in total. The summed E-state index contributed by atoms with van der Waals surface area (Å²) in [5.41, 5.74) is 5.38. The van der Waals surface area contributed by atoms with Crippen LogP contribution in [0.1, 0.15) is 9.68 Å². The molecule has 0 unspecified atom stereocenters. The van der Waals surface area contributed by atoms with Crippen LogP contribution in [0.4, 0.5) is 0 Å². The van der Waals surface area contributed by atoms with Crippen LogP contribution in [0.15, 0.2) is 116 Å². The average Bonchev–Trinajstić information content (AvgIpc) is 2.90. The van der Waals surface area contributed by atoms with Crippen molar-refractivity contribution in [2.75, 3.05) is 0 Å². The van der Waals surface area contributed by atoms with Crippen LogP contribution in [0.3, 0.4) is 0 Å². The van der Waals surface area contributed by atoms with Gasteiger partial charge in [0.05, 0.1) is 0 Å². The van der Waals surface area contributed by atoms with Crippen molar-refractivity contribution in [3.05, 3.63) is 133 Å². The fraction of sp³-hybridized carbons (Fsp3) is 0.0345. The molecule has 0 amide bonds. The third-order valence-corrected chi connectivity index (χ3v) is 4.62. The minimum Gasteiger partial charge on any atom is -0.305 e. The van der Waals surface area contributed by atoms with Gasteiger partial charge in [0.15, 0.2) is 0 Å². The minimum atomic E-state index is -2.20. The number of hydrogen-bond donors (Lipinski definition) is 0. The summed E-state index contributed by atoms with van der Waals surface area (Å²) in [5.74, 6) is 0. The maximum Gasteiger partial charge on any atom is 0.0280 e. The van der Waals surface area contributed by atoms with E-state index in [2.05, 4.69) is 22.1 Å². The van der Waals surface area contributed by atoms with E-state index in [1.165, 1.54) is 6.20 Å². The summed E-state index contributed by atoms with van der Waals surface area (Å²) < 4.78 is 23.2. The van der Waals surface area contributed by atoms with Gasteiger partial charge in [-0.1, -0.05) is 48.5 Å². The number of aryl methyl sites for hydroxylation is 1. The predicted octanol–water partition coefficient (Wildman–Crippen LogP) is 7.07. The second-order valence-electron chi connectivity index (χ2n) is 6.75. The van der Waals surface area contributed by atoms with Crippen molar-refractivity contribution < 1.29 is 24.2 Å². The second kappa shape index (κ2) is 11.9. The molecule has 159 valence electrons. The van der Waals surface area contributed by atoms with Gasteiger partial charge in [0.1, 0.15) is 0 Å². The Morgan fingerprint density at radius 3 is 1.94 bits per heavy atom. The molecule has 0 spiro atoms. The first kappa shape index (κ1) is 19.3. The first-order valence-corrected chi connectivity index (χ1v) is 9.93. The smallest absolute Gasteiger partial charge is 0.0280 e. The molecule has 32 heavy (non-hydrogen) atoms. The van der Waals surface area contributed by atoms with E-state index in [4.69, 9.17) is 4.11 Å². The maximum absolute atomic E-state index is 7.72. The van der Waals surface area contributed by atoms with Crippen molar-refractivity contribution in [2.45, 2.75) is 6.85 Å². The number of hydrogen-bond acceptors (Lipinski definition) is 2. The molecule has 0 saturated carbocycles. The van der Waals surface area contributed by atoms with E-state index in [1.807, 2.05) is 103 Å². The summed E-state index contributed by atoms with van der Waals surface area (Å²) in [6, 6.07) is 38.8. The molecule has 0 saturated heterocycles. The van der Waals surface area contributed by atoms with Crippen molar-refractivity contribution in [1.82, 2.24) is 9.97 Å². The van der Waals surface area contributed by atoms with Crippen LogP contribution in [0, 0.1) is 19.0 Å². The molecule has 1 radical (unpaired) electrons. The first-order chi connectivity index (χ1) is 16.5. The van der Waals surface area contributed by atoms with Crippen LogP contribution in [0.2, 0.25) is 0 Å². The third-order valence-electron chi connectivity index (χ3n) is 4.62. The van der Waals surface area contributed by atoms with E-state index < -0.39 is 6.85 Å². The van der Waals surface area contributed by atoms with Crippen molar-refractivity contribution >= 4 is 0 Å². The Morgan fingerprint density at radius 2 is 1.34 bits per heavy atom. The summed E-state index contributed by atoms with van der Waals surface area (Å²) >= 11 is 0. The molecule has 0 aliphatic rings. The molecule has 0 aliphatic heterocycles. The van der Waals surface area contributed by atoms with Gasteiger partial charge in [0.25, 0.3) is 0 Å². The van der Waals surface area contributed by atoms with E-state index in [0.717, 1.165) is 22.4 Å². The summed E-state index contributed by atoms with van der Waals surface area (Å²) in [4.78, 5) is 8.53. The average molecular weight is 594 g/mol. The third kappa shape index (κ3) is 6.07. The Bertz CT molecular complexity index is 1270. The Hall–Kier alpha value is -3.39. The molecule has 0 atom stereocenters. The Labute approximate surface area is 207 Å². The number of aromatic nitrogens is 2. The van der Waals surface area contributed by atoms with Gasteiger partial charge in [-0.05, 0) is 41.0 Å². The van der Waals surface area contributed by atoms with E-state index >= 15 is 0 Å². The quantitative estimate of drug-likeness (QED) is 0.209. The number of rotatable bonds is 3. The largest absolute Gasteiger partial charge is 0.305 e. The number of pyridine rings is 2. The Morgan fingerprint density at radius 1 is 0.688 bits per heavy atom. The van der Waals surface area contributed by atoms with Crippen LogP contribution in [-0.4, -0.2) is 9.97 Å². The van der Waals surface area contributed by atoms with Gasteiger partial charge >= 0.3 is 0 Å².